The van der Waals surface area contributed by atoms with E-state index in [0.29, 0.717) is 5.82 Å². The van der Waals surface area contributed by atoms with Crippen molar-refractivity contribution in [3.63, 3.8) is 0 Å². The molecule has 0 aliphatic carbocycles. The second-order valence-corrected chi connectivity index (χ2v) is 6.46. The molecule has 2 amide bonds. The number of carbonyl (C=O) groups is 2. The first kappa shape index (κ1) is 16.3. The van der Waals surface area contributed by atoms with Gasteiger partial charge in [0.1, 0.15) is 11.4 Å². The Morgan fingerprint density at radius 2 is 2.23 bits per heavy atom. The first-order valence-electron chi connectivity index (χ1n) is 7.46. The number of carbonyl (C=O) groups excluding carboxylic acids is 2. The number of amides is 2. The molecule has 22 heavy (non-hydrogen) atoms. The highest BCUT2D eigenvalue weighted by Crippen LogP contribution is 2.35. The molecular weight excluding hydrogens is 282 g/mol. The third-order valence-corrected chi connectivity index (χ3v) is 3.59. The molecule has 6 heteroatoms. The minimum atomic E-state index is -0.567. The molecule has 0 spiro atoms. The van der Waals surface area contributed by atoms with Gasteiger partial charge in [0.25, 0.3) is 0 Å². The van der Waals surface area contributed by atoms with Crippen molar-refractivity contribution >= 4 is 18.3 Å². The van der Waals surface area contributed by atoms with Gasteiger partial charge in [-0.25, -0.2) is 9.78 Å². The highest BCUT2D eigenvalue weighted by Gasteiger charge is 2.30. The van der Waals surface area contributed by atoms with Gasteiger partial charge in [-0.2, -0.15) is 0 Å². The fourth-order valence-corrected chi connectivity index (χ4v) is 2.62. The van der Waals surface area contributed by atoms with E-state index in [1.165, 1.54) is 4.90 Å². The van der Waals surface area contributed by atoms with Crippen molar-refractivity contribution in [2.45, 2.75) is 45.3 Å². The van der Waals surface area contributed by atoms with Crippen LogP contribution in [0.3, 0.4) is 0 Å². The quantitative estimate of drug-likeness (QED) is 0.806. The number of anilines is 1. The molecule has 0 bridgehead atoms. The molecule has 120 valence electrons. The number of nitrogens with zero attached hydrogens (tertiary/aromatic N) is 3. The molecule has 0 unspecified atom stereocenters. The molecule has 0 aromatic carbocycles. The zero-order valence-electron chi connectivity index (χ0n) is 13.6. The number of aromatic nitrogens is 1. The van der Waals surface area contributed by atoms with Crippen molar-refractivity contribution < 1.29 is 14.3 Å². The summed E-state index contributed by atoms with van der Waals surface area (Å²) >= 11 is 0. The Hall–Kier alpha value is -2.11. The second-order valence-electron chi connectivity index (χ2n) is 6.46. The lowest BCUT2D eigenvalue weighted by Crippen LogP contribution is -2.35. The van der Waals surface area contributed by atoms with Gasteiger partial charge in [-0.3, -0.25) is 9.69 Å². The van der Waals surface area contributed by atoms with Crippen LogP contribution in [0.5, 0.6) is 0 Å². The van der Waals surface area contributed by atoms with E-state index in [0.717, 1.165) is 31.4 Å². The molecule has 2 heterocycles. The van der Waals surface area contributed by atoms with Gasteiger partial charge >= 0.3 is 6.09 Å². The molecule has 0 saturated carbocycles. The van der Waals surface area contributed by atoms with E-state index in [4.69, 9.17) is 4.74 Å². The van der Waals surface area contributed by atoms with Gasteiger partial charge in [-0.1, -0.05) is 6.07 Å². The van der Waals surface area contributed by atoms with Crippen molar-refractivity contribution in [2.75, 3.05) is 18.5 Å². The summed E-state index contributed by atoms with van der Waals surface area (Å²) in [7, 11) is 1.64. The predicted molar refractivity (Wildman–Crippen MR) is 83.6 cm³/mol. The van der Waals surface area contributed by atoms with Crippen molar-refractivity contribution in [1.29, 1.82) is 0 Å². The van der Waals surface area contributed by atoms with Crippen molar-refractivity contribution in [3.05, 3.63) is 23.9 Å². The van der Waals surface area contributed by atoms with Crippen molar-refractivity contribution in [3.8, 4) is 0 Å². The van der Waals surface area contributed by atoms with E-state index >= 15 is 0 Å². The molecule has 1 aromatic rings. The summed E-state index contributed by atoms with van der Waals surface area (Å²) in [4.78, 5) is 30.9. The van der Waals surface area contributed by atoms with Crippen LogP contribution in [0.1, 0.15) is 45.2 Å². The molecule has 0 N–H and O–H groups in total. The summed E-state index contributed by atoms with van der Waals surface area (Å²) in [6.45, 7) is 6.20. The minimum Gasteiger partial charge on any atom is -0.443 e. The Balaban J connectivity index is 2.28. The SMILES string of the molecule is CN(C(=O)OC(C)(C)C)c1ncccc1[C@H]1CCCN1C=O. The van der Waals surface area contributed by atoms with Gasteiger partial charge in [0.05, 0.1) is 6.04 Å². The molecule has 1 aliphatic heterocycles. The summed E-state index contributed by atoms with van der Waals surface area (Å²) in [6, 6.07) is 3.70. The number of rotatable bonds is 3. The Labute approximate surface area is 131 Å². The van der Waals surface area contributed by atoms with Crippen LogP contribution in [-0.2, 0) is 9.53 Å². The smallest absolute Gasteiger partial charge is 0.415 e. The molecule has 2 rings (SSSR count). The van der Waals surface area contributed by atoms with E-state index in [9.17, 15) is 9.59 Å². The maximum Gasteiger partial charge on any atom is 0.415 e. The van der Waals surface area contributed by atoms with Crippen LogP contribution in [0.15, 0.2) is 18.3 Å². The van der Waals surface area contributed by atoms with Crippen LogP contribution in [0.2, 0.25) is 0 Å². The lowest BCUT2D eigenvalue weighted by atomic mass is 10.1. The highest BCUT2D eigenvalue weighted by molar-refractivity contribution is 5.87. The molecule has 1 saturated heterocycles. The van der Waals surface area contributed by atoms with Crippen LogP contribution in [0.4, 0.5) is 10.6 Å². The fourth-order valence-electron chi connectivity index (χ4n) is 2.62. The average Bonchev–Trinajstić information content (AvgIpc) is 2.93. The Morgan fingerprint density at radius 1 is 1.50 bits per heavy atom. The van der Waals surface area contributed by atoms with E-state index in [1.54, 1.807) is 18.1 Å². The van der Waals surface area contributed by atoms with Crippen LogP contribution in [0, 0.1) is 0 Å². The van der Waals surface area contributed by atoms with E-state index in [-0.39, 0.29) is 6.04 Å². The Bertz CT molecular complexity index is 554. The van der Waals surface area contributed by atoms with Crippen molar-refractivity contribution in [1.82, 2.24) is 9.88 Å². The van der Waals surface area contributed by atoms with Gasteiger partial charge in [0.15, 0.2) is 0 Å². The zero-order chi connectivity index (χ0) is 16.3. The highest BCUT2D eigenvalue weighted by atomic mass is 16.6. The molecular formula is C16H23N3O3. The summed E-state index contributed by atoms with van der Waals surface area (Å²) < 4.78 is 5.39. The van der Waals surface area contributed by atoms with Crippen molar-refractivity contribution in [2.24, 2.45) is 0 Å². The first-order chi connectivity index (χ1) is 10.3. The van der Waals surface area contributed by atoms with Gasteiger partial charge in [0.2, 0.25) is 6.41 Å². The largest absolute Gasteiger partial charge is 0.443 e. The van der Waals surface area contributed by atoms with Crippen LogP contribution >= 0.6 is 0 Å². The third-order valence-electron chi connectivity index (χ3n) is 3.59. The maximum atomic E-state index is 12.3. The van der Waals surface area contributed by atoms with E-state index in [2.05, 4.69) is 4.98 Å². The normalized spacial score (nSPS) is 18.2. The fraction of sp³-hybridized carbons (Fsp3) is 0.562. The second kappa shape index (κ2) is 6.34. The lowest BCUT2D eigenvalue weighted by molar-refractivity contribution is -0.118. The summed E-state index contributed by atoms with van der Waals surface area (Å²) in [5.74, 6) is 0.538. The first-order valence-corrected chi connectivity index (χ1v) is 7.46. The number of hydrogen-bond acceptors (Lipinski definition) is 4. The van der Waals surface area contributed by atoms with Gasteiger partial charge < -0.3 is 9.64 Å². The van der Waals surface area contributed by atoms with Gasteiger partial charge in [-0.05, 0) is 39.7 Å². The summed E-state index contributed by atoms with van der Waals surface area (Å²) in [5, 5.41) is 0. The number of likely N-dealkylation sites (tertiary alicyclic amines) is 1. The summed E-state index contributed by atoms with van der Waals surface area (Å²) in [5.41, 5.74) is 0.308. The Kier molecular flexibility index (Phi) is 4.68. The van der Waals surface area contributed by atoms with E-state index in [1.807, 2.05) is 32.9 Å². The molecule has 1 aliphatic rings. The van der Waals surface area contributed by atoms with E-state index < -0.39 is 11.7 Å². The van der Waals surface area contributed by atoms with Gasteiger partial charge in [-0.15, -0.1) is 0 Å². The van der Waals surface area contributed by atoms with Gasteiger partial charge in [0, 0.05) is 25.4 Å². The van der Waals surface area contributed by atoms with Crippen LogP contribution in [0.25, 0.3) is 0 Å². The topological polar surface area (TPSA) is 62.7 Å². The molecule has 1 atom stereocenters. The number of ether oxygens (including phenoxy) is 1. The maximum absolute atomic E-state index is 12.3. The molecule has 1 fully saturated rings. The van der Waals surface area contributed by atoms with Crippen LogP contribution < -0.4 is 4.90 Å². The molecule has 1 aromatic heterocycles. The summed E-state index contributed by atoms with van der Waals surface area (Å²) in [6.07, 6.45) is 3.87. The molecule has 6 nitrogen and oxygen atoms in total. The van der Waals surface area contributed by atoms with Crippen LogP contribution in [-0.4, -0.2) is 41.6 Å². The molecule has 0 radical (unpaired) electrons. The third kappa shape index (κ3) is 3.55. The lowest BCUT2D eigenvalue weighted by Gasteiger charge is -2.28. The zero-order valence-corrected chi connectivity index (χ0v) is 13.6. The monoisotopic (exact) mass is 305 g/mol. The standard InChI is InChI=1S/C16H23N3O3/c1-16(2,3)22-15(21)18(4)14-12(7-5-9-17-14)13-8-6-10-19(13)11-20/h5,7,9,11,13H,6,8,10H2,1-4H3/t13-/m1/s1. The average molecular weight is 305 g/mol. The number of pyridine rings is 1. The predicted octanol–water partition coefficient (Wildman–Crippen LogP) is 2.75. The Morgan fingerprint density at radius 3 is 2.86 bits per heavy atom. The minimum absolute atomic E-state index is 0.0360. The number of hydrogen-bond donors (Lipinski definition) is 0.